The maximum Gasteiger partial charge on any atom is 0.336 e. The maximum absolute atomic E-state index is 10.5. The van der Waals surface area contributed by atoms with Crippen LogP contribution in [0.1, 0.15) is 19.8 Å². The van der Waals surface area contributed by atoms with E-state index in [4.69, 9.17) is 20.1 Å². The van der Waals surface area contributed by atoms with E-state index < -0.39 is 24.1 Å². The Morgan fingerprint density at radius 1 is 1.27 bits per heavy atom. The maximum atomic E-state index is 10.5. The number of carboxylic acid groups (broad SMARTS) is 2. The normalized spacial score (nSPS) is 13.7. The van der Waals surface area contributed by atoms with Crippen molar-refractivity contribution in [3.05, 3.63) is 0 Å². The Bertz CT molecular complexity index is 207. The van der Waals surface area contributed by atoms with Crippen molar-refractivity contribution in [2.45, 2.75) is 32.0 Å². The zero-order valence-electron chi connectivity index (χ0n) is 8.34. The van der Waals surface area contributed by atoms with Gasteiger partial charge in [0.15, 0.2) is 12.2 Å². The number of aliphatic hydroxyl groups is 1. The molecule has 0 aliphatic carbocycles. The van der Waals surface area contributed by atoms with Gasteiger partial charge in [-0.2, -0.15) is 0 Å². The average Bonchev–Trinajstić information content (AvgIpc) is 2.10. The first kappa shape index (κ1) is 17.0. The molecule has 0 aromatic rings. The van der Waals surface area contributed by atoms with Crippen LogP contribution in [0.4, 0.5) is 0 Å². The minimum absolute atomic E-state index is 0. The number of unbranched alkanes of at least 4 members (excludes halogenated alkanes) is 1. The number of hydrogen-bond acceptors (Lipinski definition) is 4. The Labute approximate surface area is 102 Å². The van der Waals surface area contributed by atoms with Gasteiger partial charge in [-0.15, -0.1) is 0 Å². The summed E-state index contributed by atoms with van der Waals surface area (Å²) < 4.78 is 4.74. The average molecular weight is 254 g/mol. The molecule has 0 aromatic heterocycles. The molecule has 7 heteroatoms. The van der Waals surface area contributed by atoms with Crippen molar-refractivity contribution in [1.29, 1.82) is 0 Å². The molecule has 86 valence electrons. The molecule has 2 atom stereocenters. The molecule has 0 aliphatic rings. The first-order valence-electron chi connectivity index (χ1n) is 4.26. The molecule has 2 unspecified atom stereocenters. The van der Waals surface area contributed by atoms with Crippen LogP contribution in [-0.4, -0.2) is 46.1 Å². The minimum atomic E-state index is -2.02. The fourth-order valence-corrected chi connectivity index (χ4v) is 0.782. The Morgan fingerprint density at radius 2 is 1.80 bits per heavy atom. The molecule has 0 aromatic carbocycles. The molecule has 15 heavy (non-hydrogen) atoms. The van der Waals surface area contributed by atoms with E-state index in [9.17, 15) is 9.59 Å². The van der Waals surface area contributed by atoms with Crippen molar-refractivity contribution < 1.29 is 51.4 Å². The molecule has 0 amide bonds. The van der Waals surface area contributed by atoms with E-state index in [0.717, 1.165) is 6.42 Å². The number of carbonyl (C=O) groups is 2. The third-order valence-corrected chi connectivity index (χ3v) is 1.58. The molecule has 0 rings (SSSR count). The van der Waals surface area contributed by atoms with Crippen molar-refractivity contribution in [2.75, 3.05) is 6.61 Å². The van der Waals surface area contributed by atoms with Gasteiger partial charge in [0.2, 0.25) is 0 Å². The molecular weight excluding hydrogens is 240 g/mol. The first-order chi connectivity index (χ1) is 6.50. The fraction of sp³-hybridized carbons (Fsp3) is 0.750. The second-order valence-corrected chi connectivity index (χ2v) is 2.77. The number of carboxylic acids is 2. The molecule has 0 saturated heterocycles. The van der Waals surface area contributed by atoms with Gasteiger partial charge in [0.1, 0.15) is 0 Å². The summed E-state index contributed by atoms with van der Waals surface area (Å²) in [4.78, 5) is 20.8. The van der Waals surface area contributed by atoms with Crippen molar-refractivity contribution in [1.82, 2.24) is 0 Å². The van der Waals surface area contributed by atoms with Crippen LogP contribution in [0.3, 0.4) is 0 Å². The van der Waals surface area contributed by atoms with E-state index in [-0.39, 0.29) is 28.3 Å². The van der Waals surface area contributed by atoms with Crippen molar-refractivity contribution >= 4 is 11.9 Å². The van der Waals surface area contributed by atoms with Crippen molar-refractivity contribution in [3.8, 4) is 0 Å². The van der Waals surface area contributed by atoms with Crippen LogP contribution in [0.2, 0.25) is 0 Å². The molecule has 0 fully saturated rings. The zero-order valence-corrected chi connectivity index (χ0v) is 9.90. The monoisotopic (exact) mass is 254 g/mol. The van der Waals surface area contributed by atoms with Gasteiger partial charge >= 0.3 is 11.9 Å². The van der Waals surface area contributed by atoms with E-state index in [1.807, 2.05) is 6.92 Å². The first-order valence-corrected chi connectivity index (χ1v) is 4.26. The molecule has 0 bridgehead atoms. The molecule has 0 saturated carbocycles. The predicted octanol–water partition coefficient (Wildman–Crippen LogP) is -0.301. The van der Waals surface area contributed by atoms with Crippen LogP contribution in [0, 0.1) is 0 Å². The van der Waals surface area contributed by atoms with Crippen LogP contribution >= 0.6 is 0 Å². The Kier molecular flexibility index (Phi) is 10.0. The Balaban J connectivity index is 0. The number of aliphatic hydroxyl groups excluding tert-OH is 1. The molecule has 3 N–H and O–H groups in total. The Hall–Kier alpha value is -0.426. The van der Waals surface area contributed by atoms with Gasteiger partial charge in [-0.25, -0.2) is 9.59 Å². The van der Waals surface area contributed by atoms with Crippen LogP contribution < -0.4 is 0 Å². The predicted molar refractivity (Wildman–Crippen MR) is 45.9 cm³/mol. The number of ether oxygens (including phenoxy) is 1. The van der Waals surface area contributed by atoms with Gasteiger partial charge in [0.25, 0.3) is 0 Å². The number of rotatable bonds is 7. The second kappa shape index (κ2) is 8.85. The van der Waals surface area contributed by atoms with Crippen molar-refractivity contribution in [3.63, 3.8) is 0 Å². The summed E-state index contributed by atoms with van der Waals surface area (Å²) in [7, 11) is 0. The summed E-state index contributed by atoms with van der Waals surface area (Å²) >= 11 is 0. The van der Waals surface area contributed by atoms with E-state index in [1.165, 1.54) is 0 Å². The zero-order chi connectivity index (χ0) is 11.1. The van der Waals surface area contributed by atoms with Crippen LogP contribution in [0.25, 0.3) is 0 Å². The summed E-state index contributed by atoms with van der Waals surface area (Å²) in [5, 5.41) is 25.9. The third kappa shape index (κ3) is 6.62. The summed E-state index contributed by atoms with van der Waals surface area (Å²) in [5.74, 6) is -3.08. The molecule has 6 nitrogen and oxygen atoms in total. The summed E-state index contributed by atoms with van der Waals surface area (Å²) in [6.45, 7) is 2.00. The minimum Gasteiger partial charge on any atom is -0.479 e. The molecule has 0 radical (unpaired) electrons. The SMILES string of the molecule is CCCCOC(C(=O)O)C(O)C(=O)O.[Ti]. The molecule has 0 spiro atoms. The number of aliphatic carboxylic acids is 2. The van der Waals surface area contributed by atoms with Gasteiger partial charge in [-0.1, -0.05) is 13.3 Å². The van der Waals surface area contributed by atoms with Gasteiger partial charge in [0.05, 0.1) is 0 Å². The van der Waals surface area contributed by atoms with Gasteiger partial charge in [-0.3, -0.25) is 0 Å². The van der Waals surface area contributed by atoms with Gasteiger partial charge in [-0.05, 0) is 6.42 Å². The largest absolute Gasteiger partial charge is 0.479 e. The van der Waals surface area contributed by atoms with Crippen LogP contribution in [0.15, 0.2) is 0 Å². The molecular formula is C8H14O6Ti. The topological polar surface area (TPSA) is 104 Å². The smallest absolute Gasteiger partial charge is 0.336 e. The Morgan fingerprint density at radius 3 is 2.13 bits per heavy atom. The standard InChI is InChI=1S/C8H14O6.Ti/c1-2-3-4-14-6(8(12)13)5(9)7(10)11;/h5-6,9H,2-4H2,1H3,(H,10,11)(H,12,13);. The summed E-state index contributed by atoms with van der Waals surface area (Å²) in [6, 6.07) is 0. The molecule has 0 heterocycles. The summed E-state index contributed by atoms with van der Waals surface area (Å²) in [5.41, 5.74) is 0. The van der Waals surface area contributed by atoms with Crippen LogP contribution in [0.5, 0.6) is 0 Å². The van der Waals surface area contributed by atoms with E-state index in [2.05, 4.69) is 0 Å². The quantitative estimate of drug-likeness (QED) is 0.425. The van der Waals surface area contributed by atoms with Crippen molar-refractivity contribution in [2.24, 2.45) is 0 Å². The van der Waals surface area contributed by atoms with Gasteiger partial charge < -0.3 is 20.1 Å². The second-order valence-electron chi connectivity index (χ2n) is 2.77. The third-order valence-electron chi connectivity index (χ3n) is 1.58. The molecule has 0 aliphatic heterocycles. The van der Waals surface area contributed by atoms with E-state index in [0.29, 0.717) is 6.42 Å². The fourth-order valence-electron chi connectivity index (χ4n) is 0.782. The summed E-state index contributed by atoms with van der Waals surface area (Å²) in [6.07, 6.45) is -2.30. The number of hydrogen-bond donors (Lipinski definition) is 3. The van der Waals surface area contributed by atoms with Crippen LogP contribution in [-0.2, 0) is 36.0 Å². The van der Waals surface area contributed by atoms with E-state index >= 15 is 0 Å². The van der Waals surface area contributed by atoms with E-state index in [1.54, 1.807) is 0 Å². The van der Waals surface area contributed by atoms with Gasteiger partial charge in [0, 0.05) is 28.3 Å².